The van der Waals surface area contributed by atoms with Gasteiger partial charge >= 0.3 is 0 Å². The first kappa shape index (κ1) is 13.5. The number of nitrogens with one attached hydrogen (secondary N) is 1. The molecule has 0 saturated carbocycles. The van der Waals surface area contributed by atoms with Crippen LogP contribution in [0.3, 0.4) is 0 Å². The number of aryl methyl sites for hydroxylation is 1. The predicted molar refractivity (Wildman–Crippen MR) is 84.3 cm³/mol. The second kappa shape index (κ2) is 6.33. The topological polar surface area (TPSA) is 32.3 Å². The van der Waals surface area contributed by atoms with Crippen molar-refractivity contribution in [2.75, 3.05) is 12.3 Å². The van der Waals surface area contributed by atoms with Gasteiger partial charge in [0.25, 0.3) is 0 Å². The molecular weight excluding hydrogens is 266 g/mol. The zero-order valence-electron chi connectivity index (χ0n) is 11.4. The second-order valence-electron chi connectivity index (χ2n) is 5.09. The van der Waals surface area contributed by atoms with Crippen molar-refractivity contribution in [3.05, 3.63) is 59.7 Å². The van der Waals surface area contributed by atoms with Crippen LogP contribution in [-0.4, -0.2) is 17.4 Å². The van der Waals surface area contributed by atoms with Crippen molar-refractivity contribution < 1.29 is 5.11 Å². The van der Waals surface area contributed by atoms with E-state index >= 15 is 0 Å². The van der Waals surface area contributed by atoms with E-state index < -0.39 is 0 Å². The van der Waals surface area contributed by atoms with Gasteiger partial charge < -0.3 is 10.4 Å². The van der Waals surface area contributed by atoms with Crippen molar-refractivity contribution in [1.29, 1.82) is 0 Å². The molecule has 1 unspecified atom stereocenters. The molecule has 1 aliphatic rings. The van der Waals surface area contributed by atoms with E-state index in [-0.39, 0.29) is 0 Å². The molecule has 3 rings (SSSR count). The summed E-state index contributed by atoms with van der Waals surface area (Å²) in [5.74, 6) is 1.46. The summed E-state index contributed by atoms with van der Waals surface area (Å²) in [6, 6.07) is 16.7. The Balaban J connectivity index is 1.49. The number of phenols is 1. The van der Waals surface area contributed by atoms with E-state index in [9.17, 15) is 5.11 Å². The highest BCUT2D eigenvalue weighted by Crippen LogP contribution is 2.33. The highest BCUT2D eigenvalue weighted by Gasteiger charge is 2.21. The second-order valence-corrected chi connectivity index (χ2v) is 6.26. The van der Waals surface area contributed by atoms with E-state index in [1.54, 1.807) is 6.07 Å². The minimum Gasteiger partial charge on any atom is -0.508 e. The van der Waals surface area contributed by atoms with Crippen LogP contribution in [0.4, 0.5) is 0 Å². The van der Waals surface area contributed by atoms with Crippen LogP contribution in [0.2, 0.25) is 0 Å². The highest BCUT2D eigenvalue weighted by molar-refractivity contribution is 7.99. The Hall–Kier alpha value is -1.45. The quantitative estimate of drug-likeness (QED) is 0.648. The van der Waals surface area contributed by atoms with Gasteiger partial charge in [0.2, 0.25) is 0 Å². The SMILES string of the molecule is Oc1ccc2c(c1)CCC2NCCSc1ccccc1. The normalized spacial score (nSPS) is 17.1. The van der Waals surface area contributed by atoms with Gasteiger partial charge in [-0.2, -0.15) is 0 Å². The van der Waals surface area contributed by atoms with Gasteiger partial charge in [-0.05, 0) is 48.2 Å². The Bertz CT molecular complexity index is 570. The van der Waals surface area contributed by atoms with Crippen LogP contribution < -0.4 is 5.32 Å². The fourth-order valence-electron chi connectivity index (χ4n) is 2.73. The number of hydrogen-bond acceptors (Lipinski definition) is 3. The summed E-state index contributed by atoms with van der Waals surface area (Å²) in [6.07, 6.45) is 2.20. The first-order valence-electron chi connectivity index (χ1n) is 7.06. The van der Waals surface area contributed by atoms with Gasteiger partial charge in [0.15, 0.2) is 0 Å². The molecule has 3 heteroatoms. The highest BCUT2D eigenvalue weighted by atomic mass is 32.2. The van der Waals surface area contributed by atoms with Gasteiger partial charge in [-0.15, -0.1) is 11.8 Å². The van der Waals surface area contributed by atoms with Crippen LogP contribution in [-0.2, 0) is 6.42 Å². The van der Waals surface area contributed by atoms with Gasteiger partial charge in [0.1, 0.15) is 5.75 Å². The third-order valence-electron chi connectivity index (χ3n) is 3.71. The first-order chi connectivity index (χ1) is 9.83. The number of phenolic OH excluding ortho intramolecular Hbond substituents is 1. The molecule has 2 nitrogen and oxygen atoms in total. The molecule has 0 amide bonds. The van der Waals surface area contributed by atoms with E-state index in [0.717, 1.165) is 25.1 Å². The van der Waals surface area contributed by atoms with Gasteiger partial charge in [-0.3, -0.25) is 0 Å². The van der Waals surface area contributed by atoms with Crippen LogP contribution in [0.25, 0.3) is 0 Å². The summed E-state index contributed by atoms with van der Waals surface area (Å²) in [7, 11) is 0. The molecule has 2 aromatic rings. The third-order valence-corrected chi connectivity index (χ3v) is 4.72. The van der Waals surface area contributed by atoms with Crippen LogP contribution in [0.15, 0.2) is 53.4 Å². The first-order valence-corrected chi connectivity index (χ1v) is 8.04. The summed E-state index contributed by atoms with van der Waals surface area (Å²) in [4.78, 5) is 1.33. The summed E-state index contributed by atoms with van der Waals surface area (Å²) in [5.41, 5.74) is 2.64. The molecule has 1 atom stereocenters. The molecule has 0 radical (unpaired) electrons. The summed E-state index contributed by atoms with van der Waals surface area (Å²) < 4.78 is 0. The number of benzene rings is 2. The number of hydrogen-bond donors (Lipinski definition) is 2. The van der Waals surface area contributed by atoms with Gasteiger partial charge in [-0.25, -0.2) is 0 Å². The van der Waals surface area contributed by atoms with Crippen molar-refractivity contribution in [3.63, 3.8) is 0 Å². The molecule has 2 N–H and O–H groups in total. The van der Waals surface area contributed by atoms with E-state index in [1.807, 2.05) is 23.9 Å². The van der Waals surface area contributed by atoms with Crippen molar-refractivity contribution in [1.82, 2.24) is 5.32 Å². The molecule has 1 aliphatic carbocycles. The standard InChI is InChI=1S/C17H19NOS/c19-14-7-8-16-13(12-14)6-9-17(16)18-10-11-20-15-4-2-1-3-5-15/h1-5,7-8,12,17-19H,6,9-11H2. The molecule has 0 heterocycles. The Labute approximate surface area is 124 Å². The Morgan fingerprint density at radius 1 is 1.15 bits per heavy atom. The lowest BCUT2D eigenvalue weighted by atomic mass is 10.1. The molecule has 0 bridgehead atoms. The van der Waals surface area contributed by atoms with Crippen LogP contribution in [0, 0.1) is 0 Å². The Kier molecular flexibility index (Phi) is 4.28. The van der Waals surface area contributed by atoms with Crippen molar-refractivity contribution in [2.45, 2.75) is 23.8 Å². The van der Waals surface area contributed by atoms with Gasteiger partial charge in [0.05, 0.1) is 0 Å². The molecule has 20 heavy (non-hydrogen) atoms. The summed E-state index contributed by atoms with van der Waals surface area (Å²) in [6.45, 7) is 1.00. The van der Waals surface area contributed by atoms with Crippen molar-refractivity contribution in [2.24, 2.45) is 0 Å². The zero-order chi connectivity index (χ0) is 13.8. The van der Waals surface area contributed by atoms with Crippen LogP contribution in [0.1, 0.15) is 23.6 Å². The Morgan fingerprint density at radius 3 is 2.85 bits per heavy atom. The van der Waals surface area contributed by atoms with Crippen LogP contribution >= 0.6 is 11.8 Å². The number of rotatable bonds is 5. The van der Waals surface area contributed by atoms with E-state index in [2.05, 4.69) is 35.6 Å². The van der Waals surface area contributed by atoms with E-state index in [1.165, 1.54) is 16.0 Å². The molecule has 0 aliphatic heterocycles. The van der Waals surface area contributed by atoms with Crippen LogP contribution in [0.5, 0.6) is 5.75 Å². The smallest absolute Gasteiger partial charge is 0.115 e. The van der Waals surface area contributed by atoms with Gasteiger partial charge in [0, 0.05) is 23.2 Å². The molecule has 0 spiro atoms. The minimum atomic E-state index is 0.379. The lowest BCUT2D eigenvalue weighted by Crippen LogP contribution is -2.21. The number of aromatic hydroxyl groups is 1. The maximum absolute atomic E-state index is 9.50. The average Bonchev–Trinajstić information content (AvgIpc) is 2.87. The van der Waals surface area contributed by atoms with E-state index in [0.29, 0.717) is 11.8 Å². The molecule has 0 saturated heterocycles. The maximum Gasteiger partial charge on any atom is 0.115 e. The number of thioether (sulfide) groups is 1. The van der Waals surface area contributed by atoms with Crippen molar-refractivity contribution >= 4 is 11.8 Å². The zero-order valence-corrected chi connectivity index (χ0v) is 12.2. The summed E-state index contributed by atoms with van der Waals surface area (Å²) in [5, 5.41) is 13.1. The monoisotopic (exact) mass is 285 g/mol. The molecule has 2 aromatic carbocycles. The summed E-state index contributed by atoms with van der Waals surface area (Å²) >= 11 is 1.89. The fraction of sp³-hybridized carbons (Fsp3) is 0.294. The lowest BCUT2D eigenvalue weighted by molar-refractivity contribution is 0.474. The molecule has 104 valence electrons. The van der Waals surface area contributed by atoms with Gasteiger partial charge in [-0.1, -0.05) is 24.3 Å². The van der Waals surface area contributed by atoms with Crippen molar-refractivity contribution in [3.8, 4) is 5.75 Å². The largest absolute Gasteiger partial charge is 0.508 e. The minimum absolute atomic E-state index is 0.379. The average molecular weight is 285 g/mol. The molecule has 0 fully saturated rings. The molecular formula is C17H19NOS. The molecule has 0 aromatic heterocycles. The predicted octanol–water partition coefficient (Wildman–Crippen LogP) is 3.76. The lowest BCUT2D eigenvalue weighted by Gasteiger charge is -2.14. The van der Waals surface area contributed by atoms with E-state index in [4.69, 9.17) is 0 Å². The maximum atomic E-state index is 9.50. The Morgan fingerprint density at radius 2 is 2.00 bits per heavy atom. The third kappa shape index (κ3) is 3.17. The number of fused-ring (bicyclic) bond motifs is 1. The fourth-order valence-corrected chi connectivity index (χ4v) is 3.54.